The first-order valence-electron chi connectivity index (χ1n) is 5.88. The fourth-order valence-corrected chi connectivity index (χ4v) is 3.60. The lowest BCUT2D eigenvalue weighted by Gasteiger charge is -2.27. The van der Waals surface area contributed by atoms with Crippen molar-refractivity contribution in [1.29, 1.82) is 0 Å². The maximum Gasteiger partial charge on any atom is 0.282 e. The van der Waals surface area contributed by atoms with Gasteiger partial charge < -0.3 is 5.11 Å². The van der Waals surface area contributed by atoms with E-state index in [4.69, 9.17) is 5.11 Å². The van der Waals surface area contributed by atoms with Crippen molar-refractivity contribution in [2.75, 3.05) is 26.7 Å². The summed E-state index contributed by atoms with van der Waals surface area (Å²) in [5.41, 5.74) is 0. The van der Waals surface area contributed by atoms with E-state index in [1.165, 1.54) is 8.61 Å². The zero-order valence-electron chi connectivity index (χ0n) is 10.1. The van der Waals surface area contributed by atoms with Crippen LogP contribution in [0.2, 0.25) is 0 Å². The summed E-state index contributed by atoms with van der Waals surface area (Å²) in [4.78, 5) is 0. The van der Waals surface area contributed by atoms with Gasteiger partial charge >= 0.3 is 0 Å². The number of unbranched alkanes of at least 4 members (excludes halogenated alkanes) is 1. The van der Waals surface area contributed by atoms with E-state index in [0.717, 1.165) is 25.7 Å². The third kappa shape index (κ3) is 2.94. The van der Waals surface area contributed by atoms with Crippen LogP contribution in [0.15, 0.2) is 0 Å². The largest absolute Gasteiger partial charge is 0.395 e. The Bertz CT molecular complexity index is 305. The Morgan fingerprint density at radius 3 is 2.75 bits per heavy atom. The van der Waals surface area contributed by atoms with E-state index in [1.54, 1.807) is 7.05 Å². The molecular formula is C10H22N2O3S. The highest BCUT2D eigenvalue weighted by Gasteiger charge is 2.35. The number of hydrogen-bond donors (Lipinski definition) is 1. The van der Waals surface area contributed by atoms with Crippen molar-refractivity contribution in [3.63, 3.8) is 0 Å². The van der Waals surface area contributed by atoms with Gasteiger partial charge in [0.15, 0.2) is 0 Å². The smallest absolute Gasteiger partial charge is 0.282 e. The molecule has 1 N–H and O–H groups in total. The molecular weight excluding hydrogens is 228 g/mol. The zero-order chi connectivity index (χ0) is 12.2. The average Bonchev–Trinajstić information content (AvgIpc) is 2.74. The van der Waals surface area contributed by atoms with Crippen LogP contribution in [0.4, 0.5) is 0 Å². The summed E-state index contributed by atoms with van der Waals surface area (Å²) in [5.74, 6) is 0. The highest BCUT2D eigenvalue weighted by molar-refractivity contribution is 7.86. The molecule has 16 heavy (non-hydrogen) atoms. The molecule has 1 aliphatic heterocycles. The third-order valence-corrected chi connectivity index (χ3v) is 5.09. The van der Waals surface area contributed by atoms with Gasteiger partial charge in [-0.2, -0.15) is 17.0 Å². The van der Waals surface area contributed by atoms with Gasteiger partial charge in [-0.05, 0) is 19.3 Å². The highest BCUT2D eigenvalue weighted by Crippen LogP contribution is 2.22. The standard InChI is InChI=1S/C10H22N2O3S/c1-3-4-7-11(2)16(14,15)12-8-5-6-10(12)9-13/h10,13H,3-9H2,1-2H3/t10-/m1/s1. The molecule has 0 bridgehead atoms. The van der Waals surface area contributed by atoms with E-state index < -0.39 is 10.2 Å². The van der Waals surface area contributed by atoms with Crippen molar-refractivity contribution < 1.29 is 13.5 Å². The summed E-state index contributed by atoms with van der Waals surface area (Å²) in [6.45, 7) is 3.03. The average molecular weight is 250 g/mol. The fraction of sp³-hybridized carbons (Fsp3) is 1.00. The van der Waals surface area contributed by atoms with E-state index in [-0.39, 0.29) is 12.6 Å². The fourth-order valence-electron chi connectivity index (χ4n) is 1.97. The molecule has 1 aliphatic rings. The van der Waals surface area contributed by atoms with E-state index in [1.807, 2.05) is 6.92 Å². The van der Waals surface area contributed by atoms with E-state index in [2.05, 4.69) is 0 Å². The molecule has 0 aliphatic carbocycles. The van der Waals surface area contributed by atoms with Crippen molar-refractivity contribution in [3.8, 4) is 0 Å². The van der Waals surface area contributed by atoms with Crippen LogP contribution in [0, 0.1) is 0 Å². The molecule has 0 unspecified atom stereocenters. The Morgan fingerprint density at radius 2 is 2.19 bits per heavy atom. The van der Waals surface area contributed by atoms with Gasteiger partial charge in [-0.3, -0.25) is 0 Å². The summed E-state index contributed by atoms with van der Waals surface area (Å²) in [6.07, 6.45) is 3.44. The van der Waals surface area contributed by atoms with Crippen LogP contribution in [0.25, 0.3) is 0 Å². The topological polar surface area (TPSA) is 60.9 Å². The number of nitrogens with zero attached hydrogens (tertiary/aromatic N) is 2. The second-order valence-electron chi connectivity index (χ2n) is 4.27. The van der Waals surface area contributed by atoms with Crippen LogP contribution in [0.5, 0.6) is 0 Å². The van der Waals surface area contributed by atoms with Gasteiger partial charge in [0.2, 0.25) is 0 Å². The predicted octanol–water partition coefficient (Wildman–Crippen LogP) is 0.420. The number of aliphatic hydroxyl groups is 1. The Morgan fingerprint density at radius 1 is 1.50 bits per heavy atom. The first-order chi connectivity index (χ1) is 7.54. The number of rotatable bonds is 6. The zero-order valence-corrected chi connectivity index (χ0v) is 10.9. The maximum absolute atomic E-state index is 12.1. The van der Waals surface area contributed by atoms with Crippen molar-refractivity contribution in [3.05, 3.63) is 0 Å². The number of hydrogen-bond acceptors (Lipinski definition) is 3. The van der Waals surface area contributed by atoms with Gasteiger partial charge in [-0.1, -0.05) is 13.3 Å². The minimum Gasteiger partial charge on any atom is -0.395 e. The molecule has 1 atom stereocenters. The summed E-state index contributed by atoms with van der Waals surface area (Å²) >= 11 is 0. The molecule has 1 saturated heterocycles. The maximum atomic E-state index is 12.1. The molecule has 0 aromatic rings. The van der Waals surface area contributed by atoms with E-state index >= 15 is 0 Å². The van der Waals surface area contributed by atoms with Gasteiger partial charge in [0.05, 0.1) is 6.61 Å². The van der Waals surface area contributed by atoms with Gasteiger partial charge in [-0.15, -0.1) is 0 Å². The molecule has 0 spiro atoms. The minimum absolute atomic E-state index is 0.0825. The monoisotopic (exact) mass is 250 g/mol. The van der Waals surface area contributed by atoms with Crippen LogP contribution in [0.3, 0.4) is 0 Å². The van der Waals surface area contributed by atoms with Crippen LogP contribution in [0.1, 0.15) is 32.6 Å². The van der Waals surface area contributed by atoms with Crippen molar-refractivity contribution in [2.24, 2.45) is 0 Å². The highest BCUT2D eigenvalue weighted by atomic mass is 32.2. The number of aliphatic hydroxyl groups excluding tert-OH is 1. The molecule has 0 saturated carbocycles. The van der Waals surface area contributed by atoms with Crippen LogP contribution in [-0.4, -0.2) is 54.9 Å². The molecule has 1 fully saturated rings. The molecule has 0 amide bonds. The Kier molecular flexibility index (Phi) is 5.17. The van der Waals surface area contributed by atoms with E-state index in [0.29, 0.717) is 13.1 Å². The Balaban J connectivity index is 2.68. The third-order valence-electron chi connectivity index (χ3n) is 3.05. The van der Waals surface area contributed by atoms with Gasteiger partial charge in [0, 0.05) is 26.2 Å². The lowest BCUT2D eigenvalue weighted by Crippen LogP contribution is -2.45. The second-order valence-corrected chi connectivity index (χ2v) is 6.26. The van der Waals surface area contributed by atoms with Gasteiger partial charge in [-0.25, -0.2) is 0 Å². The summed E-state index contributed by atoms with van der Waals surface area (Å²) in [7, 11) is -1.76. The summed E-state index contributed by atoms with van der Waals surface area (Å²) in [5, 5.41) is 9.13. The van der Waals surface area contributed by atoms with Gasteiger partial charge in [0.1, 0.15) is 0 Å². The summed E-state index contributed by atoms with van der Waals surface area (Å²) in [6, 6.07) is -0.228. The Labute approximate surface area is 98.2 Å². The first-order valence-corrected chi connectivity index (χ1v) is 7.27. The first kappa shape index (κ1) is 13.9. The van der Waals surface area contributed by atoms with Crippen molar-refractivity contribution in [1.82, 2.24) is 8.61 Å². The molecule has 1 rings (SSSR count). The molecule has 1 heterocycles. The van der Waals surface area contributed by atoms with Gasteiger partial charge in [0.25, 0.3) is 10.2 Å². The lowest BCUT2D eigenvalue weighted by atomic mass is 10.2. The second kappa shape index (κ2) is 5.95. The molecule has 0 radical (unpaired) electrons. The minimum atomic E-state index is -3.37. The molecule has 5 nitrogen and oxygen atoms in total. The van der Waals surface area contributed by atoms with Crippen molar-refractivity contribution in [2.45, 2.75) is 38.6 Å². The van der Waals surface area contributed by atoms with E-state index in [9.17, 15) is 8.42 Å². The molecule has 0 aromatic carbocycles. The van der Waals surface area contributed by atoms with Crippen LogP contribution < -0.4 is 0 Å². The molecule has 96 valence electrons. The molecule has 0 aromatic heterocycles. The van der Waals surface area contributed by atoms with Crippen LogP contribution in [-0.2, 0) is 10.2 Å². The SMILES string of the molecule is CCCCN(C)S(=O)(=O)N1CCC[C@@H]1CO. The predicted molar refractivity (Wildman–Crippen MR) is 63.3 cm³/mol. The van der Waals surface area contributed by atoms with Crippen LogP contribution >= 0.6 is 0 Å². The normalized spacial score (nSPS) is 23.1. The Hall–Kier alpha value is -0.170. The quantitative estimate of drug-likeness (QED) is 0.743. The van der Waals surface area contributed by atoms with Crippen molar-refractivity contribution >= 4 is 10.2 Å². The molecule has 6 heteroatoms. The lowest BCUT2D eigenvalue weighted by molar-refractivity contribution is 0.207. The summed E-state index contributed by atoms with van der Waals surface area (Å²) < 4.78 is 27.1.